The van der Waals surface area contributed by atoms with Crippen molar-refractivity contribution in [2.24, 2.45) is 27.9 Å². The molecule has 0 fully saturated rings. The number of nitrogens with zero attached hydrogens (tertiary/aromatic N) is 1. The summed E-state index contributed by atoms with van der Waals surface area (Å²) in [4.78, 5) is 64.6. The number of carbonyl (C=O) groups excluding carboxylic acids is 4. The molecule has 0 aliphatic heterocycles. The molecule has 0 radical (unpaired) electrons. The third-order valence-corrected chi connectivity index (χ3v) is 5.09. The number of guanidine groups is 1. The van der Waals surface area contributed by atoms with Gasteiger partial charge in [0.05, 0.1) is 6.54 Å². The van der Waals surface area contributed by atoms with E-state index in [1.165, 1.54) is 24.3 Å². The molecule has 0 aliphatic rings. The van der Waals surface area contributed by atoms with Gasteiger partial charge in [-0.2, -0.15) is 0 Å². The molecule has 3 atom stereocenters. The molecule has 15 nitrogen and oxygen atoms in total. The number of amides is 4. The summed E-state index contributed by atoms with van der Waals surface area (Å²) < 4.78 is 0. The Labute approximate surface area is 213 Å². The highest BCUT2D eigenvalue weighted by Crippen LogP contribution is 2.12. The van der Waals surface area contributed by atoms with E-state index >= 15 is 0 Å². The third kappa shape index (κ3) is 12.2. The zero-order valence-corrected chi connectivity index (χ0v) is 20.2. The third-order valence-electron chi connectivity index (χ3n) is 5.09. The molecular formula is C22H34N8O7. The molecule has 4 amide bonds. The predicted octanol–water partition coefficient (Wildman–Crippen LogP) is -3.25. The fourth-order valence-corrected chi connectivity index (χ4v) is 3.19. The summed E-state index contributed by atoms with van der Waals surface area (Å²) in [5.74, 6) is -4.49. The highest BCUT2D eigenvalue weighted by Gasteiger charge is 2.29. The Morgan fingerprint density at radius 2 is 1.43 bits per heavy atom. The Morgan fingerprint density at radius 3 is 1.95 bits per heavy atom. The van der Waals surface area contributed by atoms with Crippen LogP contribution in [-0.2, 0) is 30.4 Å². The monoisotopic (exact) mass is 522 g/mol. The molecule has 13 N–H and O–H groups in total. The predicted molar refractivity (Wildman–Crippen MR) is 133 cm³/mol. The second kappa shape index (κ2) is 15.6. The van der Waals surface area contributed by atoms with E-state index in [9.17, 15) is 34.2 Å². The number of hydrogen-bond acceptors (Lipinski definition) is 8. The van der Waals surface area contributed by atoms with Crippen molar-refractivity contribution < 1.29 is 34.2 Å². The minimum absolute atomic E-state index is 0.0107. The lowest BCUT2D eigenvalue weighted by molar-refractivity contribution is -0.142. The molecule has 0 aliphatic carbocycles. The number of primary amides is 1. The minimum Gasteiger partial charge on any atom is -0.508 e. The Bertz CT molecular complexity index is 980. The van der Waals surface area contributed by atoms with Gasteiger partial charge < -0.3 is 49.1 Å². The van der Waals surface area contributed by atoms with Gasteiger partial charge in [0, 0.05) is 19.4 Å². The van der Waals surface area contributed by atoms with Crippen LogP contribution in [0, 0.1) is 0 Å². The number of phenolic OH excluding ortho intramolecular Hbond substituents is 1. The van der Waals surface area contributed by atoms with Crippen LogP contribution < -0.4 is 38.9 Å². The second-order valence-electron chi connectivity index (χ2n) is 8.11. The lowest BCUT2D eigenvalue weighted by atomic mass is 10.0. The number of carboxylic acids is 1. The van der Waals surface area contributed by atoms with Gasteiger partial charge in [0.25, 0.3) is 0 Å². The number of carboxylic acid groups (broad SMARTS) is 1. The maximum absolute atomic E-state index is 13.0. The van der Waals surface area contributed by atoms with Crippen LogP contribution >= 0.6 is 0 Å². The van der Waals surface area contributed by atoms with Gasteiger partial charge in [0.1, 0.15) is 23.9 Å². The van der Waals surface area contributed by atoms with Crippen molar-refractivity contribution in [1.29, 1.82) is 0 Å². The maximum atomic E-state index is 13.0. The Morgan fingerprint density at radius 1 is 0.865 bits per heavy atom. The van der Waals surface area contributed by atoms with Crippen LogP contribution in [0.1, 0.15) is 31.2 Å². The molecule has 0 spiro atoms. The van der Waals surface area contributed by atoms with Crippen LogP contribution in [0.2, 0.25) is 0 Å². The van der Waals surface area contributed by atoms with Crippen LogP contribution in [0.3, 0.4) is 0 Å². The van der Waals surface area contributed by atoms with Crippen molar-refractivity contribution in [3.63, 3.8) is 0 Å². The molecule has 3 unspecified atom stereocenters. The molecule has 37 heavy (non-hydrogen) atoms. The average Bonchev–Trinajstić information content (AvgIpc) is 2.83. The first-order valence-corrected chi connectivity index (χ1v) is 11.4. The average molecular weight is 523 g/mol. The summed E-state index contributed by atoms with van der Waals surface area (Å²) in [7, 11) is 0. The van der Waals surface area contributed by atoms with E-state index in [1.807, 2.05) is 0 Å². The van der Waals surface area contributed by atoms with Gasteiger partial charge in [-0.05, 0) is 37.0 Å². The zero-order chi connectivity index (χ0) is 28.0. The molecule has 0 saturated heterocycles. The molecule has 15 heteroatoms. The van der Waals surface area contributed by atoms with Gasteiger partial charge in [-0.3, -0.25) is 24.2 Å². The topological polar surface area (TPSA) is 278 Å². The summed E-state index contributed by atoms with van der Waals surface area (Å²) in [6.07, 6.45) is -0.218. The van der Waals surface area contributed by atoms with Crippen molar-refractivity contribution in [2.45, 2.75) is 50.2 Å². The molecule has 0 bridgehead atoms. The highest BCUT2D eigenvalue weighted by atomic mass is 16.4. The highest BCUT2D eigenvalue weighted by molar-refractivity contribution is 5.94. The van der Waals surface area contributed by atoms with Crippen LogP contribution in [-0.4, -0.2) is 77.0 Å². The first-order valence-electron chi connectivity index (χ1n) is 11.4. The Hall–Kier alpha value is -4.40. The van der Waals surface area contributed by atoms with Crippen LogP contribution in [0.5, 0.6) is 5.75 Å². The molecule has 0 aromatic heterocycles. The summed E-state index contributed by atoms with van der Waals surface area (Å²) >= 11 is 0. The summed E-state index contributed by atoms with van der Waals surface area (Å²) in [5, 5.41) is 26.2. The van der Waals surface area contributed by atoms with Gasteiger partial charge in [0.2, 0.25) is 23.6 Å². The van der Waals surface area contributed by atoms with Crippen LogP contribution in [0.25, 0.3) is 0 Å². The van der Waals surface area contributed by atoms with E-state index in [2.05, 4.69) is 20.9 Å². The summed E-state index contributed by atoms with van der Waals surface area (Å²) in [6.45, 7) is -0.214. The van der Waals surface area contributed by atoms with E-state index in [0.29, 0.717) is 12.0 Å². The van der Waals surface area contributed by atoms with E-state index in [0.717, 1.165) is 0 Å². The summed E-state index contributed by atoms with van der Waals surface area (Å²) in [6, 6.07) is 1.91. The zero-order valence-electron chi connectivity index (χ0n) is 20.2. The van der Waals surface area contributed by atoms with Gasteiger partial charge >= 0.3 is 5.97 Å². The van der Waals surface area contributed by atoms with E-state index in [4.69, 9.17) is 22.9 Å². The van der Waals surface area contributed by atoms with E-state index in [1.54, 1.807) is 0 Å². The van der Waals surface area contributed by atoms with Gasteiger partial charge in [-0.1, -0.05) is 12.1 Å². The number of aliphatic carboxylic acids is 1. The lowest BCUT2D eigenvalue weighted by Crippen LogP contribution is -2.56. The molecule has 1 rings (SSSR count). The molecule has 1 aromatic rings. The van der Waals surface area contributed by atoms with Crippen molar-refractivity contribution in [3.8, 4) is 5.75 Å². The lowest BCUT2D eigenvalue weighted by Gasteiger charge is -2.24. The first kappa shape index (κ1) is 30.6. The normalized spacial score (nSPS) is 12.9. The summed E-state index contributed by atoms with van der Waals surface area (Å²) in [5.41, 5.74) is 21.6. The molecule has 204 valence electrons. The number of nitrogens with two attached hydrogens (primary N) is 4. The maximum Gasteiger partial charge on any atom is 0.326 e. The van der Waals surface area contributed by atoms with Gasteiger partial charge in [-0.15, -0.1) is 0 Å². The van der Waals surface area contributed by atoms with Crippen molar-refractivity contribution in [2.75, 3.05) is 13.1 Å². The first-order chi connectivity index (χ1) is 17.4. The number of rotatable bonds is 16. The van der Waals surface area contributed by atoms with E-state index in [-0.39, 0.29) is 50.5 Å². The van der Waals surface area contributed by atoms with Crippen molar-refractivity contribution >= 4 is 35.6 Å². The standard InChI is InChI=1S/C22H34N8O7/c23-11-18(33)28-14(2-1-9-27-22(25)26)19(34)29-15(7-8-17(24)32)20(35)30-16(21(36)37)10-12-3-5-13(31)6-4-12/h3-6,14-16,31H,1-2,7-11,23H2,(H2,24,32)(H,28,33)(H,29,34)(H,30,35)(H,36,37)(H4,25,26,27). The molecular weight excluding hydrogens is 488 g/mol. The number of phenols is 1. The SMILES string of the molecule is NCC(=O)NC(CCCN=C(N)N)C(=O)NC(CCC(N)=O)C(=O)NC(Cc1ccc(O)cc1)C(=O)O. The number of nitrogens with one attached hydrogen (secondary N) is 3. The quantitative estimate of drug-likeness (QED) is 0.0593. The number of carbonyl (C=O) groups is 5. The Kier molecular flexibility index (Phi) is 12.9. The number of hydrogen-bond donors (Lipinski definition) is 9. The number of aliphatic imine (C=N–C) groups is 1. The molecule has 1 aromatic carbocycles. The fraction of sp³-hybridized carbons (Fsp3) is 0.455. The van der Waals surface area contributed by atoms with Crippen molar-refractivity contribution in [1.82, 2.24) is 16.0 Å². The fourth-order valence-electron chi connectivity index (χ4n) is 3.19. The minimum atomic E-state index is -1.38. The number of benzene rings is 1. The van der Waals surface area contributed by atoms with Crippen molar-refractivity contribution in [3.05, 3.63) is 29.8 Å². The second-order valence-corrected chi connectivity index (χ2v) is 8.11. The molecule has 0 heterocycles. The number of aromatic hydroxyl groups is 1. The van der Waals surface area contributed by atoms with E-state index < -0.39 is 47.7 Å². The smallest absolute Gasteiger partial charge is 0.326 e. The largest absolute Gasteiger partial charge is 0.508 e. The van der Waals surface area contributed by atoms with Crippen LogP contribution in [0.4, 0.5) is 0 Å². The van der Waals surface area contributed by atoms with Gasteiger partial charge in [0.15, 0.2) is 5.96 Å². The molecule has 0 saturated carbocycles. The Balaban J connectivity index is 3.00. The van der Waals surface area contributed by atoms with Crippen LogP contribution in [0.15, 0.2) is 29.3 Å². The van der Waals surface area contributed by atoms with Gasteiger partial charge in [-0.25, -0.2) is 4.79 Å².